The fourth-order valence-electron chi connectivity index (χ4n) is 3.49. The van der Waals surface area contributed by atoms with Crippen LogP contribution in [0, 0.1) is 10.1 Å². The van der Waals surface area contributed by atoms with Crippen LogP contribution in [0.25, 0.3) is 10.9 Å². The summed E-state index contributed by atoms with van der Waals surface area (Å²) in [4.78, 5) is 15.1. The Kier molecular flexibility index (Phi) is 4.05. The van der Waals surface area contributed by atoms with Crippen LogP contribution < -0.4 is 5.32 Å². The number of pyridine rings is 1. The molecule has 1 aliphatic rings. The lowest BCUT2D eigenvalue weighted by Crippen LogP contribution is -2.07. The van der Waals surface area contributed by atoms with E-state index >= 15 is 0 Å². The van der Waals surface area contributed by atoms with Crippen LogP contribution in [0.15, 0.2) is 42.7 Å². The van der Waals surface area contributed by atoms with Gasteiger partial charge in [-0.1, -0.05) is 12.8 Å². The molecule has 128 valence electrons. The van der Waals surface area contributed by atoms with E-state index in [1.807, 2.05) is 12.3 Å². The SMILES string of the molecule is O=[N+]([O-])c1ccc(NCc2ccn(C3CCCC3)n2)c2ncccc12. The van der Waals surface area contributed by atoms with Crippen molar-refractivity contribution >= 4 is 22.3 Å². The number of aromatic nitrogens is 3. The summed E-state index contributed by atoms with van der Waals surface area (Å²) >= 11 is 0. The van der Waals surface area contributed by atoms with Crippen LogP contribution in [0.4, 0.5) is 11.4 Å². The van der Waals surface area contributed by atoms with Gasteiger partial charge in [0.25, 0.3) is 5.69 Å². The highest BCUT2D eigenvalue weighted by molar-refractivity contribution is 5.96. The van der Waals surface area contributed by atoms with Gasteiger partial charge in [-0.25, -0.2) is 0 Å². The summed E-state index contributed by atoms with van der Waals surface area (Å²) in [6.07, 6.45) is 8.64. The first-order valence-electron chi connectivity index (χ1n) is 8.52. The van der Waals surface area contributed by atoms with Gasteiger partial charge in [0.05, 0.1) is 34.3 Å². The maximum atomic E-state index is 11.2. The van der Waals surface area contributed by atoms with Crippen molar-refractivity contribution < 1.29 is 4.92 Å². The lowest BCUT2D eigenvalue weighted by atomic mass is 10.1. The third-order valence-corrected chi connectivity index (χ3v) is 4.77. The Balaban J connectivity index is 1.55. The smallest absolute Gasteiger partial charge is 0.278 e. The van der Waals surface area contributed by atoms with E-state index in [1.54, 1.807) is 24.4 Å². The Morgan fingerprint density at radius 3 is 2.88 bits per heavy atom. The molecule has 7 heteroatoms. The fraction of sp³-hybridized carbons (Fsp3) is 0.333. The molecular formula is C18H19N5O2. The molecule has 0 radical (unpaired) electrons. The van der Waals surface area contributed by atoms with Gasteiger partial charge in [0.1, 0.15) is 5.52 Å². The number of hydrogen-bond donors (Lipinski definition) is 1. The second-order valence-corrected chi connectivity index (χ2v) is 6.37. The summed E-state index contributed by atoms with van der Waals surface area (Å²) in [5.41, 5.74) is 2.40. The van der Waals surface area contributed by atoms with Crippen LogP contribution in [0.3, 0.4) is 0 Å². The Morgan fingerprint density at radius 2 is 2.08 bits per heavy atom. The molecule has 4 rings (SSSR count). The first-order valence-corrected chi connectivity index (χ1v) is 8.52. The Bertz CT molecular complexity index is 915. The molecule has 2 heterocycles. The Labute approximate surface area is 144 Å². The van der Waals surface area contributed by atoms with Crippen molar-refractivity contribution in [1.82, 2.24) is 14.8 Å². The van der Waals surface area contributed by atoms with Gasteiger partial charge in [-0.2, -0.15) is 5.10 Å². The number of rotatable bonds is 5. The van der Waals surface area contributed by atoms with Crippen molar-refractivity contribution in [2.24, 2.45) is 0 Å². The van der Waals surface area contributed by atoms with Crippen LogP contribution in [0.2, 0.25) is 0 Å². The van der Waals surface area contributed by atoms with E-state index < -0.39 is 0 Å². The largest absolute Gasteiger partial charge is 0.378 e. The van der Waals surface area contributed by atoms with Crippen LogP contribution >= 0.6 is 0 Å². The van der Waals surface area contributed by atoms with E-state index in [-0.39, 0.29) is 10.6 Å². The maximum Gasteiger partial charge on any atom is 0.278 e. The zero-order chi connectivity index (χ0) is 17.2. The van der Waals surface area contributed by atoms with Crippen molar-refractivity contribution in [3.63, 3.8) is 0 Å². The molecule has 7 nitrogen and oxygen atoms in total. The highest BCUT2D eigenvalue weighted by atomic mass is 16.6. The summed E-state index contributed by atoms with van der Waals surface area (Å²) in [5.74, 6) is 0. The van der Waals surface area contributed by atoms with Gasteiger partial charge in [0.2, 0.25) is 0 Å². The minimum Gasteiger partial charge on any atom is -0.378 e. The Morgan fingerprint density at radius 1 is 1.24 bits per heavy atom. The summed E-state index contributed by atoms with van der Waals surface area (Å²) < 4.78 is 2.07. The molecule has 25 heavy (non-hydrogen) atoms. The third kappa shape index (κ3) is 3.05. The molecule has 1 aliphatic carbocycles. The van der Waals surface area contributed by atoms with Crippen molar-refractivity contribution in [2.45, 2.75) is 38.3 Å². The van der Waals surface area contributed by atoms with Gasteiger partial charge in [0, 0.05) is 18.5 Å². The molecule has 0 aliphatic heterocycles. The predicted molar refractivity (Wildman–Crippen MR) is 95.5 cm³/mol. The van der Waals surface area contributed by atoms with Crippen molar-refractivity contribution in [2.75, 3.05) is 5.32 Å². The third-order valence-electron chi connectivity index (χ3n) is 4.77. The van der Waals surface area contributed by atoms with Crippen molar-refractivity contribution in [3.05, 3.63) is 58.5 Å². The topological polar surface area (TPSA) is 85.9 Å². The lowest BCUT2D eigenvalue weighted by Gasteiger charge is -2.10. The van der Waals surface area contributed by atoms with Gasteiger partial charge in [-0.05, 0) is 37.1 Å². The maximum absolute atomic E-state index is 11.2. The molecule has 0 amide bonds. The summed E-state index contributed by atoms with van der Waals surface area (Å²) in [5, 5.41) is 19.7. The van der Waals surface area contributed by atoms with Gasteiger partial charge in [0.15, 0.2) is 0 Å². The molecule has 0 atom stereocenters. The van der Waals surface area contributed by atoms with Crippen LogP contribution in [-0.4, -0.2) is 19.7 Å². The second kappa shape index (κ2) is 6.51. The molecule has 1 saturated carbocycles. The minimum atomic E-state index is -0.378. The highest BCUT2D eigenvalue weighted by Crippen LogP contribution is 2.30. The zero-order valence-electron chi connectivity index (χ0n) is 13.8. The molecule has 0 saturated heterocycles. The second-order valence-electron chi connectivity index (χ2n) is 6.37. The average molecular weight is 337 g/mol. The summed E-state index contributed by atoms with van der Waals surface area (Å²) in [6, 6.07) is 9.20. The van der Waals surface area contributed by atoms with Crippen LogP contribution in [-0.2, 0) is 6.54 Å². The number of benzene rings is 1. The van der Waals surface area contributed by atoms with E-state index in [1.165, 1.54) is 31.7 Å². The van der Waals surface area contributed by atoms with Gasteiger partial charge in [-0.3, -0.25) is 19.8 Å². The monoisotopic (exact) mass is 337 g/mol. The van der Waals surface area contributed by atoms with Crippen LogP contribution in [0.1, 0.15) is 37.4 Å². The average Bonchev–Trinajstić information content (AvgIpc) is 3.30. The number of nitrogens with zero attached hydrogens (tertiary/aromatic N) is 4. The molecular weight excluding hydrogens is 318 g/mol. The number of hydrogen-bond acceptors (Lipinski definition) is 5. The van der Waals surface area contributed by atoms with E-state index in [0.717, 1.165) is 11.4 Å². The lowest BCUT2D eigenvalue weighted by molar-refractivity contribution is -0.383. The zero-order valence-corrected chi connectivity index (χ0v) is 13.8. The standard InChI is InChI=1S/C18H19N5O2/c24-23(25)17-8-7-16(18-15(17)6-3-10-19-18)20-12-13-9-11-22(21-13)14-4-1-2-5-14/h3,6-11,14,20H,1-2,4-5,12H2. The van der Waals surface area contributed by atoms with E-state index in [4.69, 9.17) is 0 Å². The molecule has 0 spiro atoms. The van der Waals surface area contributed by atoms with E-state index in [9.17, 15) is 10.1 Å². The number of anilines is 1. The first-order chi connectivity index (χ1) is 12.2. The summed E-state index contributed by atoms with van der Waals surface area (Å²) in [7, 11) is 0. The van der Waals surface area contributed by atoms with E-state index in [2.05, 4.69) is 20.1 Å². The Hall–Kier alpha value is -2.96. The number of nitro benzene ring substituents is 1. The van der Waals surface area contributed by atoms with Crippen LogP contribution in [0.5, 0.6) is 0 Å². The molecule has 1 N–H and O–H groups in total. The van der Waals surface area contributed by atoms with Gasteiger partial charge in [-0.15, -0.1) is 0 Å². The molecule has 1 fully saturated rings. The molecule has 0 bridgehead atoms. The molecule has 1 aromatic carbocycles. The number of nitro groups is 1. The fourth-order valence-corrected chi connectivity index (χ4v) is 3.49. The van der Waals surface area contributed by atoms with Gasteiger partial charge >= 0.3 is 0 Å². The normalized spacial score (nSPS) is 14.9. The molecule has 2 aromatic heterocycles. The van der Waals surface area contributed by atoms with Crippen molar-refractivity contribution in [1.29, 1.82) is 0 Å². The predicted octanol–water partition coefficient (Wildman–Crippen LogP) is 4.07. The van der Waals surface area contributed by atoms with Gasteiger partial charge < -0.3 is 5.32 Å². The molecule has 3 aromatic rings. The number of non-ortho nitro benzene ring substituents is 1. The quantitative estimate of drug-likeness (QED) is 0.560. The minimum absolute atomic E-state index is 0.0687. The molecule has 0 unspecified atom stereocenters. The highest BCUT2D eigenvalue weighted by Gasteiger charge is 2.18. The number of nitrogens with one attached hydrogen (secondary N) is 1. The summed E-state index contributed by atoms with van der Waals surface area (Å²) in [6.45, 7) is 0.559. The first kappa shape index (κ1) is 15.6. The van der Waals surface area contributed by atoms with Crippen molar-refractivity contribution in [3.8, 4) is 0 Å². The number of fused-ring (bicyclic) bond motifs is 1. The van der Waals surface area contributed by atoms with E-state index in [0.29, 0.717) is 23.5 Å².